The molecule has 29 heavy (non-hydrogen) atoms. The number of anilines is 1. The second-order valence-electron chi connectivity index (χ2n) is 6.00. The van der Waals surface area contributed by atoms with Gasteiger partial charge in [-0.1, -0.05) is 18.2 Å². The van der Waals surface area contributed by atoms with Crippen molar-refractivity contribution in [3.8, 4) is 16.9 Å². The van der Waals surface area contributed by atoms with Gasteiger partial charge in [0.25, 0.3) is 0 Å². The number of aliphatic imine (C=N–C) groups is 1. The number of aromatic nitrogens is 2. The molecule has 3 N–H and O–H groups in total. The van der Waals surface area contributed by atoms with Gasteiger partial charge in [-0.05, 0) is 41.5 Å². The molecule has 1 heterocycles. The van der Waals surface area contributed by atoms with Crippen molar-refractivity contribution >= 4 is 35.6 Å². The second kappa shape index (κ2) is 9.63. The number of guanidine groups is 1. The predicted octanol–water partition coefficient (Wildman–Crippen LogP) is 4.53. The molecular weight excluding hydrogens is 498 g/mol. The van der Waals surface area contributed by atoms with E-state index >= 15 is 0 Å². The molecule has 3 rings (SSSR count). The lowest BCUT2D eigenvalue weighted by molar-refractivity contribution is -0.274. The van der Waals surface area contributed by atoms with Crippen molar-refractivity contribution in [2.75, 3.05) is 5.32 Å². The summed E-state index contributed by atoms with van der Waals surface area (Å²) in [6.07, 6.45) is -1.02. The molecule has 0 saturated heterocycles. The van der Waals surface area contributed by atoms with Gasteiger partial charge in [0, 0.05) is 24.5 Å². The van der Waals surface area contributed by atoms with Gasteiger partial charge in [0.05, 0.1) is 12.7 Å². The summed E-state index contributed by atoms with van der Waals surface area (Å²) >= 11 is 0. The Kier molecular flexibility index (Phi) is 7.48. The molecule has 1 aromatic heterocycles. The Balaban J connectivity index is 0.00000300. The van der Waals surface area contributed by atoms with Crippen molar-refractivity contribution in [3.05, 3.63) is 66.5 Å². The minimum Gasteiger partial charge on any atom is -0.406 e. The highest BCUT2D eigenvalue weighted by Crippen LogP contribution is 2.24. The van der Waals surface area contributed by atoms with E-state index in [0.717, 1.165) is 16.7 Å². The Morgan fingerprint density at radius 1 is 1.17 bits per heavy atom. The maximum atomic E-state index is 12.2. The van der Waals surface area contributed by atoms with Crippen LogP contribution < -0.4 is 15.8 Å². The highest BCUT2D eigenvalue weighted by atomic mass is 127. The first-order chi connectivity index (χ1) is 13.3. The number of rotatable bonds is 5. The van der Waals surface area contributed by atoms with Crippen molar-refractivity contribution in [2.45, 2.75) is 12.9 Å². The van der Waals surface area contributed by atoms with Gasteiger partial charge < -0.3 is 15.8 Å². The SMILES string of the molecule is Cn1cc(-c2cccc(CN=C(N)Nc3ccc(OC(F)(F)F)cc3)c2)cn1.I. The number of nitrogens with two attached hydrogens (primary N) is 1. The zero-order valence-electron chi connectivity index (χ0n) is 15.3. The fourth-order valence-electron chi connectivity index (χ4n) is 2.52. The molecule has 0 bridgehead atoms. The van der Waals surface area contributed by atoms with E-state index in [9.17, 15) is 13.2 Å². The van der Waals surface area contributed by atoms with Crippen LogP contribution in [0, 0.1) is 0 Å². The molecule has 2 aromatic carbocycles. The Bertz CT molecular complexity index is 970. The average molecular weight is 517 g/mol. The molecule has 0 spiro atoms. The van der Waals surface area contributed by atoms with E-state index in [1.54, 1.807) is 10.9 Å². The van der Waals surface area contributed by atoms with Crippen LogP contribution in [0.5, 0.6) is 5.75 Å². The van der Waals surface area contributed by atoms with Crippen LogP contribution in [-0.2, 0) is 13.6 Å². The van der Waals surface area contributed by atoms with Crippen LogP contribution >= 0.6 is 24.0 Å². The Labute approximate surface area is 182 Å². The van der Waals surface area contributed by atoms with Gasteiger partial charge in [0.15, 0.2) is 5.96 Å². The van der Waals surface area contributed by atoms with Crippen molar-refractivity contribution in [1.29, 1.82) is 0 Å². The molecule has 0 aliphatic heterocycles. The fourth-order valence-corrected chi connectivity index (χ4v) is 2.52. The highest BCUT2D eigenvalue weighted by Gasteiger charge is 2.30. The number of alkyl halides is 3. The van der Waals surface area contributed by atoms with Crippen LogP contribution in [-0.4, -0.2) is 22.1 Å². The van der Waals surface area contributed by atoms with Gasteiger partial charge in [-0.25, -0.2) is 4.99 Å². The molecular formula is C19H19F3IN5O. The third-order valence-corrected chi connectivity index (χ3v) is 3.76. The minimum atomic E-state index is -4.72. The third kappa shape index (κ3) is 6.97. The summed E-state index contributed by atoms with van der Waals surface area (Å²) in [6.45, 7) is 0.349. The lowest BCUT2D eigenvalue weighted by Gasteiger charge is -2.10. The Morgan fingerprint density at radius 3 is 2.52 bits per heavy atom. The number of aryl methyl sites for hydroxylation is 1. The van der Waals surface area contributed by atoms with Crippen molar-refractivity contribution in [1.82, 2.24) is 9.78 Å². The maximum Gasteiger partial charge on any atom is 0.573 e. The predicted molar refractivity (Wildman–Crippen MR) is 116 cm³/mol. The monoisotopic (exact) mass is 517 g/mol. The Morgan fingerprint density at radius 2 is 1.90 bits per heavy atom. The summed E-state index contributed by atoms with van der Waals surface area (Å²) in [6, 6.07) is 13.1. The number of nitrogens with zero attached hydrogens (tertiary/aromatic N) is 3. The van der Waals surface area contributed by atoms with E-state index in [2.05, 4.69) is 20.1 Å². The van der Waals surface area contributed by atoms with Crippen molar-refractivity contribution in [2.24, 2.45) is 17.8 Å². The van der Waals surface area contributed by atoms with Crippen LogP contribution in [0.25, 0.3) is 11.1 Å². The molecule has 0 unspecified atom stereocenters. The molecule has 6 nitrogen and oxygen atoms in total. The smallest absolute Gasteiger partial charge is 0.406 e. The molecule has 0 aliphatic rings. The van der Waals surface area contributed by atoms with E-state index in [4.69, 9.17) is 5.73 Å². The van der Waals surface area contributed by atoms with Gasteiger partial charge in [-0.15, -0.1) is 37.1 Å². The number of benzene rings is 2. The molecule has 10 heteroatoms. The molecule has 0 aliphatic carbocycles. The standard InChI is InChI=1S/C19H18F3N5O.HI/c1-27-12-15(11-25-27)14-4-2-3-13(9-14)10-24-18(23)26-16-5-7-17(8-6-16)28-19(20,21)22;/h2-9,11-12H,10H2,1H3,(H3,23,24,26);1H. The summed E-state index contributed by atoms with van der Waals surface area (Å²) in [5.74, 6) is -0.156. The topological polar surface area (TPSA) is 77.5 Å². The van der Waals surface area contributed by atoms with Crippen LogP contribution in [0.15, 0.2) is 65.9 Å². The van der Waals surface area contributed by atoms with Crippen LogP contribution in [0.2, 0.25) is 0 Å². The zero-order chi connectivity index (χ0) is 20.1. The molecule has 0 atom stereocenters. The third-order valence-electron chi connectivity index (χ3n) is 3.76. The van der Waals surface area contributed by atoms with E-state index in [0.29, 0.717) is 12.2 Å². The molecule has 0 fully saturated rings. The van der Waals surface area contributed by atoms with Crippen LogP contribution in [0.3, 0.4) is 0 Å². The normalized spacial score (nSPS) is 11.7. The number of halogens is 4. The first-order valence-corrected chi connectivity index (χ1v) is 8.29. The van der Waals surface area contributed by atoms with Gasteiger partial charge >= 0.3 is 6.36 Å². The van der Waals surface area contributed by atoms with Crippen molar-refractivity contribution < 1.29 is 17.9 Å². The summed E-state index contributed by atoms with van der Waals surface area (Å²) < 4.78 is 42.1. The van der Waals surface area contributed by atoms with Gasteiger partial charge in [-0.2, -0.15) is 5.10 Å². The number of hydrogen-bond acceptors (Lipinski definition) is 3. The molecule has 0 amide bonds. The summed E-state index contributed by atoms with van der Waals surface area (Å²) in [7, 11) is 1.85. The summed E-state index contributed by atoms with van der Waals surface area (Å²) in [5.41, 5.74) is 9.34. The van der Waals surface area contributed by atoms with Gasteiger partial charge in [0.1, 0.15) is 5.75 Å². The average Bonchev–Trinajstić information content (AvgIpc) is 3.07. The van der Waals surface area contributed by atoms with Crippen LogP contribution in [0.1, 0.15) is 5.56 Å². The minimum absolute atomic E-state index is 0. The number of hydrogen-bond donors (Lipinski definition) is 2. The van der Waals surface area contributed by atoms with Crippen LogP contribution in [0.4, 0.5) is 18.9 Å². The first kappa shape index (κ1) is 22.5. The van der Waals surface area contributed by atoms with E-state index < -0.39 is 6.36 Å². The summed E-state index contributed by atoms with van der Waals surface area (Å²) in [5, 5.41) is 6.99. The van der Waals surface area contributed by atoms with Gasteiger partial charge in [0.2, 0.25) is 0 Å². The molecule has 0 radical (unpaired) electrons. The Hall–Kier alpha value is -2.76. The summed E-state index contributed by atoms with van der Waals surface area (Å²) in [4.78, 5) is 4.26. The quantitative estimate of drug-likeness (QED) is 0.296. The highest BCUT2D eigenvalue weighted by molar-refractivity contribution is 14.0. The second-order valence-corrected chi connectivity index (χ2v) is 6.00. The molecule has 0 saturated carbocycles. The zero-order valence-corrected chi connectivity index (χ0v) is 17.7. The largest absolute Gasteiger partial charge is 0.573 e. The maximum absolute atomic E-state index is 12.2. The van der Waals surface area contributed by atoms with E-state index in [1.807, 2.05) is 37.5 Å². The van der Waals surface area contributed by atoms with Gasteiger partial charge in [-0.3, -0.25) is 4.68 Å². The number of nitrogens with one attached hydrogen (secondary N) is 1. The van der Waals surface area contributed by atoms with E-state index in [-0.39, 0.29) is 35.7 Å². The van der Waals surface area contributed by atoms with Crippen molar-refractivity contribution in [3.63, 3.8) is 0 Å². The first-order valence-electron chi connectivity index (χ1n) is 8.29. The molecule has 3 aromatic rings. The lowest BCUT2D eigenvalue weighted by Crippen LogP contribution is -2.22. The number of ether oxygens (including phenoxy) is 1. The fraction of sp³-hybridized carbons (Fsp3) is 0.158. The lowest BCUT2D eigenvalue weighted by atomic mass is 10.1. The van der Waals surface area contributed by atoms with E-state index in [1.165, 1.54) is 24.3 Å². The molecule has 154 valence electrons.